The van der Waals surface area contributed by atoms with Crippen molar-refractivity contribution in [2.45, 2.75) is 26.4 Å². The number of rotatable bonds is 4. The standard InChI is InChI=1S/C19H19FN4O5/c1-19(2,3)29-18(25)22-14-9-15-11(10-21-23(15)4)7-17(14)28-16-6-5-12(24(26)27)8-13(16)20/h5-10H,1-4H3,(H,22,25). The number of nitro groups is 1. The molecule has 2 aromatic carbocycles. The number of halogens is 1. The van der Waals surface area contributed by atoms with Crippen molar-refractivity contribution in [3.63, 3.8) is 0 Å². The molecule has 152 valence electrons. The Labute approximate surface area is 165 Å². The number of nitrogens with one attached hydrogen (secondary N) is 1. The number of amides is 1. The second-order valence-electron chi connectivity index (χ2n) is 7.28. The minimum atomic E-state index is -0.909. The summed E-state index contributed by atoms with van der Waals surface area (Å²) >= 11 is 0. The molecule has 0 aliphatic heterocycles. The van der Waals surface area contributed by atoms with Gasteiger partial charge >= 0.3 is 6.09 Å². The fraction of sp³-hybridized carbons (Fsp3) is 0.263. The minimum absolute atomic E-state index is 0.129. The fourth-order valence-corrected chi connectivity index (χ4v) is 2.58. The van der Waals surface area contributed by atoms with Crippen LogP contribution in [0.3, 0.4) is 0 Å². The van der Waals surface area contributed by atoms with Gasteiger partial charge in [0.05, 0.1) is 28.4 Å². The van der Waals surface area contributed by atoms with Gasteiger partial charge in [-0.2, -0.15) is 5.10 Å². The summed E-state index contributed by atoms with van der Waals surface area (Å²) in [5, 5.41) is 18.2. The van der Waals surface area contributed by atoms with E-state index >= 15 is 0 Å². The first-order valence-corrected chi connectivity index (χ1v) is 8.61. The molecule has 0 saturated heterocycles. The number of anilines is 1. The van der Waals surface area contributed by atoms with E-state index in [1.54, 1.807) is 50.8 Å². The van der Waals surface area contributed by atoms with Gasteiger partial charge in [-0.1, -0.05) is 0 Å². The van der Waals surface area contributed by atoms with E-state index < -0.39 is 28.1 Å². The molecule has 9 nitrogen and oxygen atoms in total. The third kappa shape index (κ3) is 4.60. The number of benzene rings is 2. The Morgan fingerprint density at radius 3 is 2.59 bits per heavy atom. The Balaban J connectivity index is 1.99. The zero-order valence-corrected chi connectivity index (χ0v) is 16.2. The highest BCUT2D eigenvalue weighted by Crippen LogP contribution is 2.36. The molecular formula is C19H19FN4O5. The quantitative estimate of drug-likeness (QED) is 0.498. The summed E-state index contributed by atoms with van der Waals surface area (Å²) in [4.78, 5) is 22.3. The van der Waals surface area contributed by atoms with Crippen LogP contribution in [0.2, 0.25) is 0 Å². The molecule has 0 atom stereocenters. The van der Waals surface area contributed by atoms with Gasteiger partial charge in [-0.25, -0.2) is 9.18 Å². The third-order valence-corrected chi connectivity index (χ3v) is 3.83. The summed E-state index contributed by atoms with van der Waals surface area (Å²) in [6.07, 6.45) is 0.874. The van der Waals surface area contributed by atoms with E-state index in [1.807, 2.05) is 0 Å². The van der Waals surface area contributed by atoms with E-state index in [4.69, 9.17) is 9.47 Å². The summed E-state index contributed by atoms with van der Waals surface area (Å²) in [5.74, 6) is -1.01. The van der Waals surface area contributed by atoms with E-state index in [0.717, 1.165) is 18.2 Å². The summed E-state index contributed by atoms with van der Waals surface area (Å²) in [5.41, 5.74) is -0.183. The SMILES string of the molecule is Cn1ncc2cc(Oc3ccc([N+](=O)[O-])cc3F)c(NC(=O)OC(C)(C)C)cc21. The molecule has 0 unspecified atom stereocenters. The first-order valence-electron chi connectivity index (χ1n) is 8.61. The molecule has 3 aromatic rings. The lowest BCUT2D eigenvalue weighted by Gasteiger charge is -2.20. The highest BCUT2D eigenvalue weighted by Gasteiger charge is 2.20. The summed E-state index contributed by atoms with van der Waals surface area (Å²) in [6.45, 7) is 5.17. The van der Waals surface area contributed by atoms with Crippen molar-refractivity contribution < 1.29 is 23.6 Å². The zero-order chi connectivity index (χ0) is 21.3. The maximum Gasteiger partial charge on any atom is 0.412 e. The lowest BCUT2D eigenvalue weighted by molar-refractivity contribution is -0.385. The Morgan fingerprint density at radius 2 is 1.97 bits per heavy atom. The van der Waals surface area contributed by atoms with Gasteiger partial charge in [0.25, 0.3) is 5.69 Å². The van der Waals surface area contributed by atoms with Crippen LogP contribution in [0, 0.1) is 15.9 Å². The number of nitrogens with zero attached hydrogens (tertiary/aromatic N) is 3. The normalized spacial score (nSPS) is 11.3. The van der Waals surface area contributed by atoms with Crippen LogP contribution in [-0.2, 0) is 11.8 Å². The second-order valence-corrected chi connectivity index (χ2v) is 7.28. The molecule has 0 aliphatic carbocycles. The summed E-state index contributed by atoms with van der Waals surface area (Å²) in [7, 11) is 1.73. The summed E-state index contributed by atoms with van der Waals surface area (Å²) in [6, 6.07) is 6.24. The van der Waals surface area contributed by atoms with Gasteiger partial charge in [0.1, 0.15) is 5.60 Å². The number of non-ortho nitro benzene ring substituents is 1. The highest BCUT2D eigenvalue weighted by molar-refractivity contribution is 5.93. The smallest absolute Gasteiger partial charge is 0.412 e. The average molecular weight is 402 g/mol. The van der Waals surface area contributed by atoms with Crippen molar-refractivity contribution in [3.05, 3.63) is 52.5 Å². The first-order chi connectivity index (χ1) is 13.5. The maximum atomic E-state index is 14.3. The topological polar surface area (TPSA) is 109 Å². The Kier molecular flexibility index (Phi) is 5.10. The monoisotopic (exact) mass is 402 g/mol. The Hall–Kier alpha value is -3.69. The van der Waals surface area contributed by atoms with Crippen LogP contribution >= 0.6 is 0 Å². The number of carbonyl (C=O) groups is 1. The van der Waals surface area contributed by atoms with Crippen molar-refractivity contribution >= 4 is 28.4 Å². The maximum absolute atomic E-state index is 14.3. The van der Waals surface area contributed by atoms with Crippen LogP contribution in [0.4, 0.5) is 20.6 Å². The van der Waals surface area contributed by atoms with Gasteiger partial charge in [0.2, 0.25) is 0 Å². The number of nitro benzene ring substituents is 1. The van der Waals surface area contributed by atoms with Gasteiger partial charge < -0.3 is 9.47 Å². The molecule has 10 heteroatoms. The number of carbonyl (C=O) groups excluding carboxylic acids is 1. The number of fused-ring (bicyclic) bond motifs is 1. The fourth-order valence-electron chi connectivity index (χ4n) is 2.58. The minimum Gasteiger partial charge on any atom is -0.452 e. The van der Waals surface area contributed by atoms with Gasteiger partial charge in [0, 0.05) is 18.5 Å². The van der Waals surface area contributed by atoms with Gasteiger partial charge in [0.15, 0.2) is 17.3 Å². The molecule has 0 radical (unpaired) electrons. The number of hydrogen-bond donors (Lipinski definition) is 1. The Bertz CT molecular complexity index is 1100. The average Bonchev–Trinajstić information content (AvgIpc) is 2.95. The van der Waals surface area contributed by atoms with Crippen molar-refractivity contribution in [3.8, 4) is 11.5 Å². The largest absolute Gasteiger partial charge is 0.452 e. The molecule has 1 aromatic heterocycles. The molecule has 0 fully saturated rings. The van der Waals surface area contributed by atoms with Crippen molar-refractivity contribution in [2.24, 2.45) is 7.05 Å². The molecule has 29 heavy (non-hydrogen) atoms. The third-order valence-electron chi connectivity index (χ3n) is 3.83. The van der Waals surface area contributed by atoms with E-state index in [9.17, 15) is 19.3 Å². The number of hydrogen-bond acceptors (Lipinski definition) is 6. The van der Waals surface area contributed by atoms with Crippen LogP contribution in [0.5, 0.6) is 11.5 Å². The zero-order valence-electron chi connectivity index (χ0n) is 16.2. The van der Waals surface area contributed by atoms with Crippen LogP contribution in [-0.4, -0.2) is 26.4 Å². The predicted molar refractivity (Wildman–Crippen MR) is 104 cm³/mol. The van der Waals surface area contributed by atoms with E-state index in [-0.39, 0.29) is 17.2 Å². The molecule has 0 saturated carbocycles. The molecular weight excluding hydrogens is 383 g/mol. The predicted octanol–water partition coefficient (Wildman–Crippen LogP) is 4.76. The lowest BCUT2D eigenvalue weighted by Crippen LogP contribution is -2.27. The first kappa shape index (κ1) is 20.1. The molecule has 1 N–H and O–H groups in total. The molecule has 0 bridgehead atoms. The van der Waals surface area contributed by atoms with E-state index in [2.05, 4.69) is 10.4 Å². The van der Waals surface area contributed by atoms with Gasteiger partial charge in [-0.3, -0.25) is 20.1 Å². The molecule has 0 spiro atoms. The van der Waals surface area contributed by atoms with Crippen molar-refractivity contribution in [1.82, 2.24) is 9.78 Å². The van der Waals surface area contributed by atoms with E-state index in [1.165, 1.54) is 0 Å². The van der Waals surface area contributed by atoms with Crippen molar-refractivity contribution in [2.75, 3.05) is 5.32 Å². The van der Waals surface area contributed by atoms with Gasteiger partial charge in [-0.05, 0) is 39.0 Å². The second kappa shape index (κ2) is 7.38. The van der Waals surface area contributed by atoms with Crippen LogP contribution in [0.1, 0.15) is 20.8 Å². The molecule has 0 aliphatic rings. The molecule has 1 amide bonds. The Morgan fingerprint density at radius 1 is 1.24 bits per heavy atom. The number of aromatic nitrogens is 2. The van der Waals surface area contributed by atoms with Crippen LogP contribution in [0.15, 0.2) is 36.5 Å². The highest BCUT2D eigenvalue weighted by atomic mass is 19.1. The number of aryl methyl sites for hydroxylation is 1. The van der Waals surface area contributed by atoms with E-state index in [0.29, 0.717) is 10.9 Å². The lowest BCUT2D eigenvalue weighted by atomic mass is 10.2. The number of ether oxygens (including phenoxy) is 2. The van der Waals surface area contributed by atoms with Crippen LogP contribution < -0.4 is 10.1 Å². The van der Waals surface area contributed by atoms with Crippen LogP contribution in [0.25, 0.3) is 10.9 Å². The molecule has 1 heterocycles. The molecule has 3 rings (SSSR count). The summed E-state index contributed by atoms with van der Waals surface area (Å²) < 4.78 is 26.8. The van der Waals surface area contributed by atoms with Gasteiger partial charge in [-0.15, -0.1) is 0 Å². The van der Waals surface area contributed by atoms with Crippen molar-refractivity contribution in [1.29, 1.82) is 0 Å².